The van der Waals surface area contributed by atoms with E-state index in [1.54, 1.807) is 12.5 Å². The van der Waals surface area contributed by atoms with Gasteiger partial charge in [-0.3, -0.25) is 4.57 Å². The smallest absolute Gasteiger partial charge is 0.152 e. The SMILES string of the molecule is Cc1ncn(-c2ncccc2Br)c1C. The van der Waals surface area contributed by atoms with Crippen LogP contribution >= 0.6 is 15.9 Å². The van der Waals surface area contributed by atoms with E-state index in [0.717, 1.165) is 21.7 Å². The number of rotatable bonds is 1. The van der Waals surface area contributed by atoms with Crippen LogP contribution in [0.15, 0.2) is 29.1 Å². The lowest BCUT2D eigenvalue weighted by Gasteiger charge is -2.05. The maximum atomic E-state index is 4.30. The molecule has 2 heterocycles. The Balaban J connectivity index is 2.60. The second kappa shape index (κ2) is 3.53. The summed E-state index contributed by atoms with van der Waals surface area (Å²) in [5.41, 5.74) is 2.15. The fourth-order valence-electron chi connectivity index (χ4n) is 1.27. The predicted octanol–water partition coefficient (Wildman–Crippen LogP) is 2.65. The molecule has 0 aliphatic carbocycles. The first-order valence-electron chi connectivity index (χ1n) is 4.31. The van der Waals surface area contributed by atoms with Crippen LogP contribution in [0.3, 0.4) is 0 Å². The molecule has 0 radical (unpaired) electrons. The largest absolute Gasteiger partial charge is 0.287 e. The zero-order chi connectivity index (χ0) is 10.1. The third-order valence-electron chi connectivity index (χ3n) is 2.22. The molecule has 2 aromatic heterocycles. The first kappa shape index (κ1) is 9.40. The molecular formula is C10H10BrN3. The molecule has 72 valence electrons. The molecule has 4 heteroatoms. The molecule has 0 saturated heterocycles. The average molecular weight is 252 g/mol. The fraction of sp³-hybridized carbons (Fsp3) is 0.200. The number of halogens is 1. The summed E-state index contributed by atoms with van der Waals surface area (Å²) >= 11 is 3.47. The summed E-state index contributed by atoms with van der Waals surface area (Å²) in [5, 5.41) is 0. The van der Waals surface area contributed by atoms with Crippen molar-refractivity contribution < 1.29 is 0 Å². The summed E-state index contributed by atoms with van der Waals surface area (Å²) in [5.74, 6) is 0.880. The van der Waals surface area contributed by atoms with E-state index >= 15 is 0 Å². The van der Waals surface area contributed by atoms with Gasteiger partial charge in [-0.05, 0) is 41.9 Å². The first-order valence-corrected chi connectivity index (χ1v) is 5.11. The molecule has 0 aliphatic rings. The summed E-state index contributed by atoms with van der Waals surface area (Å²) < 4.78 is 2.94. The van der Waals surface area contributed by atoms with Crippen LogP contribution in [0.5, 0.6) is 0 Å². The van der Waals surface area contributed by atoms with Crippen molar-refractivity contribution in [1.29, 1.82) is 0 Å². The van der Waals surface area contributed by atoms with Crippen LogP contribution in [0.1, 0.15) is 11.4 Å². The van der Waals surface area contributed by atoms with Gasteiger partial charge in [0.05, 0.1) is 10.2 Å². The van der Waals surface area contributed by atoms with Crippen molar-refractivity contribution in [3.8, 4) is 5.82 Å². The Morgan fingerprint density at radius 1 is 1.29 bits per heavy atom. The van der Waals surface area contributed by atoms with Crippen LogP contribution < -0.4 is 0 Å². The molecule has 2 aromatic rings. The van der Waals surface area contributed by atoms with Crippen LogP contribution in [0.2, 0.25) is 0 Å². The lowest BCUT2D eigenvalue weighted by molar-refractivity contribution is 0.943. The number of hydrogen-bond donors (Lipinski definition) is 0. The molecule has 2 rings (SSSR count). The quantitative estimate of drug-likeness (QED) is 0.781. The zero-order valence-corrected chi connectivity index (χ0v) is 9.62. The van der Waals surface area contributed by atoms with Crippen molar-refractivity contribution in [2.45, 2.75) is 13.8 Å². The predicted molar refractivity (Wildman–Crippen MR) is 58.5 cm³/mol. The number of imidazole rings is 1. The van der Waals surface area contributed by atoms with Crippen molar-refractivity contribution in [2.24, 2.45) is 0 Å². The maximum absolute atomic E-state index is 4.30. The molecule has 14 heavy (non-hydrogen) atoms. The summed E-state index contributed by atoms with van der Waals surface area (Å²) in [6.07, 6.45) is 3.56. The second-order valence-electron chi connectivity index (χ2n) is 3.09. The highest BCUT2D eigenvalue weighted by Crippen LogP contribution is 2.20. The molecule has 0 N–H and O–H groups in total. The Bertz CT molecular complexity index is 462. The standard InChI is InChI=1S/C10H10BrN3/c1-7-8(2)14(6-13-7)10-9(11)4-3-5-12-10/h3-6H,1-2H3. The number of hydrogen-bond acceptors (Lipinski definition) is 2. The lowest BCUT2D eigenvalue weighted by Crippen LogP contribution is -1.99. The van der Waals surface area contributed by atoms with Gasteiger partial charge in [0.2, 0.25) is 0 Å². The minimum absolute atomic E-state index is 0.880. The Labute approximate surface area is 90.9 Å². The van der Waals surface area contributed by atoms with E-state index in [4.69, 9.17) is 0 Å². The highest BCUT2D eigenvalue weighted by atomic mass is 79.9. The fourth-order valence-corrected chi connectivity index (χ4v) is 1.71. The van der Waals surface area contributed by atoms with E-state index in [9.17, 15) is 0 Å². The first-order chi connectivity index (χ1) is 6.70. The Hall–Kier alpha value is -1.16. The summed E-state index contributed by atoms with van der Waals surface area (Å²) in [7, 11) is 0. The van der Waals surface area contributed by atoms with Gasteiger partial charge in [-0.25, -0.2) is 9.97 Å². The van der Waals surface area contributed by atoms with Gasteiger partial charge in [0.15, 0.2) is 5.82 Å². The molecule has 0 bridgehead atoms. The van der Waals surface area contributed by atoms with Gasteiger partial charge in [-0.1, -0.05) is 0 Å². The van der Waals surface area contributed by atoms with E-state index in [2.05, 4.69) is 25.9 Å². The minimum Gasteiger partial charge on any atom is -0.287 e. The van der Waals surface area contributed by atoms with Crippen LogP contribution in [0.4, 0.5) is 0 Å². The second-order valence-corrected chi connectivity index (χ2v) is 3.95. The van der Waals surface area contributed by atoms with Gasteiger partial charge < -0.3 is 0 Å². The average Bonchev–Trinajstić information content (AvgIpc) is 2.49. The molecule has 0 aliphatic heterocycles. The molecule has 0 fully saturated rings. The highest BCUT2D eigenvalue weighted by molar-refractivity contribution is 9.10. The summed E-state index contributed by atoms with van der Waals surface area (Å²) in [6, 6.07) is 3.86. The molecule has 0 unspecified atom stereocenters. The zero-order valence-electron chi connectivity index (χ0n) is 8.03. The van der Waals surface area contributed by atoms with Crippen molar-refractivity contribution in [1.82, 2.24) is 14.5 Å². The van der Waals surface area contributed by atoms with E-state index in [0.29, 0.717) is 0 Å². The van der Waals surface area contributed by atoms with Crippen LogP contribution in [-0.4, -0.2) is 14.5 Å². The monoisotopic (exact) mass is 251 g/mol. The third kappa shape index (κ3) is 1.46. The minimum atomic E-state index is 0.880. The van der Waals surface area contributed by atoms with Gasteiger partial charge in [-0.15, -0.1) is 0 Å². The number of pyridine rings is 1. The van der Waals surface area contributed by atoms with Crippen LogP contribution in [-0.2, 0) is 0 Å². The highest BCUT2D eigenvalue weighted by Gasteiger charge is 2.07. The Morgan fingerprint density at radius 2 is 2.07 bits per heavy atom. The van der Waals surface area contributed by atoms with E-state index < -0.39 is 0 Å². The van der Waals surface area contributed by atoms with Gasteiger partial charge >= 0.3 is 0 Å². The Kier molecular flexibility index (Phi) is 2.37. The molecule has 0 aromatic carbocycles. The summed E-state index contributed by atoms with van der Waals surface area (Å²) in [4.78, 5) is 8.53. The van der Waals surface area contributed by atoms with E-state index in [-0.39, 0.29) is 0 Å². The molecule has 0 spiro atoms. The van der Waals surface area contributed by atoms with Gasteiger partial charge in [0.1, 0.15) is 6.33 Å². The van der Waals surface area contributed by atoms with E-state index in [1.165, 1.54) is 0 Å². The summed E-state index contributed by atoms with van der Waals surface area (Å²) in [6.45, 7) is 4.02. The van der Waals surface area contributed by atoms with Crippen LogP contribution in [0, 0.1) is 13.8 Å². The Morgan fingerprint density at radius 3 is 2.64 bits per heavy atom. The van der Waals surface area contributed by atoms with Crippen LogP contribution in [0.25, 0.3) is 5.82 Å². The van der Waals surface area contributed by atoms with Gasteiger partial charge in [-0.2, -0.15) is 0 Å². The van der Waals surface area contributed by atoms with Crippen molar-refractivity contribution in [2.75, 3.05) is 0 Å². The lowest BCUT2D eigenvalue weighted by atomic mass is 10.3. The third-order valence-corrected chi connectivity index (χ3v) is 2.84. The molecule has 3 nitrogen and oxygen atoms in total. The number of nitrogens with zero attached hydrogens (tertiary/aromatic N) is 3. The van der Waals surface area contributed by atoms with Crippen molar-refractivity contribution in [3.05, 3.63) is 40.5 Å². The van der Waals surface area contributed by atoms with Gasteiger partial charge in [0.25, 0.3) is 0 Å². The molecular weight excluding hydrogens is 242 g/mol. The normalized spacial score (nSPS) is 10.5. The number of aryl methyl sites for hydroxylation is 1. The van der Waals surface area contributed by atoms with Gasteiger partial charge in [0, 0.05) is 11.9 Å². The van der Waals surface area contributed by atoms with Crippen molar-refractivity contribution >= 4 is 15.9 Å². The maximum Gasteiger partial charge on any atom is 0.152 e. The van der Waals surface area contributed by atoms with Crippen molar-refractivity contribution in [3.63, 3.8) is 0 Å². The van der Waals surface area contributed by atoms with E-state index in [1.807, 2.05) is 30.5 Å². The number of aromatic nitrogens is 3. The molecule has 0 saturated carbocycles. The molecule has 0 atom stereocenters. The topological polar surface area (TPSA) is 30.7 Å². The molecule has 0 amide bonds.